The van der Waals surface area contributed by atoms with Crippen molar-refractivity contribution >= 4 is 34.8 Å². The molecule has 6 heteroatoms. The predicted molar refractivity (Wildman–Crippen MR) is 112 cm³/mol. The zero-order chi connectivity index (χ0) is 19.7. The Balaban J connectivity index is 1.44. The van der Waals surface area contributed by atoms with Gasteiger partial charge in [0.2, 0.25) is 11.8 Å². The SMILES string of the molecule is Cc1ccc(N2C(=O)CCC2C(=O)N2CCN(c3cccc(Cl)c3)CC2)cc1. The lowest BCUT2D eigenvalue weighted by molar-refractivity contribution is -0.133. The molecule has 0 radical (unpaired) electrons. The van der Waals surface area contributed by atoms with Gasteiger partial charge in [0, 0.05) is 49.0 Å². The molecule has 0 aliphatic carbocycles. The maximum absolute atomic E-state index is 13.2. The molecule has 2 saturated heterocycles. The van der Waals surface area contributed by atoms with Crippen molar-refractivity contribution in [3.05, 3.63) is 59.1 Å². The minimum absolute atomic E-state index is 0.0276. The highest BCUT2D eigenvalue weighted by molar-refractivity contribution is 6.30. The molecule has 2 aliphatic rings. The average Bonchev–Trinajstić information content (AvgIpc) is 3.09. The second-order valence-electron chi connectivity index (χ2n) is 7.45. The second kappa shape index (κ2) is 7.84. The number of rotatable bonds is 3. The predicted octanol–water partition coefficient (Wildman–Crippen LogP) is 3.49. The molecular weight excluding hydrogens is 374 g/mol. The molecule has 2 amide bonds. The molecule has 2 aromatic rings. The third-order valence-corrected chi connectivity index (χ3v) is 5.81. The van der Waals surface area contributed by atoms with Crippen molar-refractivity contribution < 1.29 is 9.59 Å². The number of carbonyl (C=O) groups is 2. The van der Waals surface area contributed by atoms with Gasteiger partial charge in [0.1, 0.15) is 6.04 Å². The number of halogens is 1. The Morgan fingerprint density at radius 2 is 1.71 bits per heavy atom. The molecule has 0 bridgehead atoms. The Morgan fingerprint density at radius 3 is 2.39 bits per heavy atom. The van der Waals surface area contributed by atoms with Crippen molar-refractivity contribution in [1.82, 2.24) is 4.90 Å². The van der Waals surface area contributed by atoms with Crippen LogP contribution in [0, 0.1) is 6.92 Å². The van der Waals surface area contributed by atoms with Gasteiger partial charge in [0.25, 0.3) is 0 Å². The number of piperazine rings is 1. The fourth-order valence-corrected chi connectivity index (χ4v) is 4.20. The first-order chi connectivity index (χ1) is 13.5. The minimum Gasteiger partial charge on any atom is -0.368 e. The summed E-state index contributed by atoms with van der Waals surface area (Å²) in [7, 11) is 0. The summed E-state index contributed by atoms with van der Waals surface area (Å²) in [5.41, 5.74) is 3.02. The van der Waals surface area contributed by atoms with Crippen molar-refractivity contribution in [2.45, 2.75) is 25.8 Å². The minimum atomic E-state index is -0.395. The molecule has 0 aromatic heterocycles. The maximum Gasteiger partial charge on any atom is 0.245 e. The van der Waals surface area contributed by atoms with Crippen molar-refractivity contribution in [2.75, 3.05) is 36.0 Å². The number of benzene rings is 2. The van der Waals surface area contributed by atoms with Crippen LogP contribution in [0.5, 0.6) is 0 Å². The lowest BCUT2D eigenvalue weighted by Crippen LogP contribution is -2.54. The third-order valence-electron chi connectivity index (χ3n) is 5.57. The van der Waals surface area contributed by atoms with Crippen LogP contribution < -0.4 is 9.80 Å². The largest absolute Gasteiger partial charge is 0.368 e. The number of aryl methyl sites for hydroxylation is 1. The fourth-order valence-electron chi connectivity index (χ4n) is 4.02. The summed E-state index contributed by atoms with van der Waals surface area (Å²) in [4.78, 5) is 31.5. The highest BCUT2D eigenvalue weighted by Crippen LogP contribution is 2.29. The van der Waals surface area contributed by atoms with E-state index in [1.54, 1.807) is 4.90 Å². The normalized spacial score (nSPS) is 20.0. The van der Waals surface area contributed by atoms with Crippen molar-refractivity contribution in [3.63, 3.8) is 0 Å². The van der Waals surface area contributed by atoms with Crippen molar-refractivity contribution in [3.8, 4) is 0 Å². The lowest BCUT2D eigenvalue weighted by Gasteiger charge is -2.38. The van der Waals surface area contributed by atoms with Crippen molar-refractivity contribution in [1.29, 1.82) is 0 Å². The number of anilines is 2. The summed E-state index contributed by atoms with van der Waals surface area (Å²) in [6, 6.07) is 15.2. The molecule has 5 nitrogen and oxygen atoms in total. The summed E-state index contributed by atoms with van der Waals surface area (Å²) >= 11 is 6.10. The molecule has 0 spiro atoms. The zero-order valence-electron chi connectivity index (χ0n) is 16.0. The van der Waals surface area contributed by atoms with Crippen LogP contribution in [-0.2, 0) is 9.59 Å². The summed E-state index contributed by atoms with van der Waals surface area (Å²) in [5.74, 6) is 0.0805. The molecule has 2 heterocycles. The van der Waals surface area contributed by atoms with Crippen LogP contribution in [-0.4, -0.2) is 48.9 Å². The van der Waals surface area contributed by atoms with E-state index in [9.17, 15) is 9.59 Å². The average molecular weight is 398 g/mol. The molecule has 1 atom stereocenters. The number of hydrogen-bond acceptors (Lipinski definition) is 3. The molecule has 0 saturated carbocycles. The maximum atomic E-state index is 13.2. The molecule has 1 unspecified atom stereocenters. The number of nitrogens with zero attached hydrogens (tertiary/aromatic N) is 3. The van der Waals surface area contributed by atoms with Crippen LogP contribution in [0.15, 0.2) is 48.5 Å². The monoisotopic (exact) mass is 397 g/mol. The van der Waals surface area contributed by atoms with E-state index in [0.29, 0.717) is 31.0 Å². The number of amides is 2. The Hall–Kier alpha value is -2.53. The first-order valence-electron chi connectivity index (χ1n) is 9.71. The van der Waals surface area contributed by atoms with E-state index in [4.69, 9.17) is 11.6 Å². The summed E-state index contributed by atoms with van der Waals surface area (Å²) in [5, 5.41) is 0.717. The van der Waals surface area contributed by atoms with Gasteiger partial charge in [-0.3, -0.25) is 14.5 Å². The Bertz CT molecular complexity index is 876. The van der Waals surface area contributed by atoms with Gasteiger partial charge in [-0.25, -0.2) is 0 Å². The standard InChI is InChI=1S/C22H24ClN3O2/c1-16-5-7-18(8-6-16)26-20(9-10-21(26)27)22(28)25-13-11-24(12-14-25)19-4-2-3-17(23)15-19/h2-8,15,20H,9-14H2,1H3. The molecular formula is C22H24ClN3O2. The van der Waals surface area contributed by atoms with Gasteiger partial charge >= 0.3 is 0 Å². The van der Waals surface area contributed by atoms with Gasteiger partial charge in [0.05, 0.1) is 0 Å². The van der Waals surface area contributed by atoms with Crippen LogP contribution in [0.1, 0.15) is 18.4 Å². The zero-order valence-corrected chi connectivity index (χ0v) is 16.7. The highest BCUT2D eigenvalue weighted by Gasteiger charge is 2.39. The topological polar surface area (TPSA) is 43.9 Å². The van der Waals surface area contributed by atoms with Gasteiger partial charge in [-0.2, -0.15) is 0 Å². The highest BCUT2D eigenvalue weighted by atomic mass is 35.5. The molecule has 28 heavy (non-hydrogen) atoms. The molecule has 2 aliphatic heterocycles. The lowest BCUT2D eigenvalue weighted by atomic mass is 10.1. The second-order valence-corrected chi connectivity index (χ2v) is 7.88. The number of hydrogen-bond donors (Lipinski definition) is 0. The summed E-state index contributed by atoms with van der Waals surface area (Å²) in [6.45, 7) is 4.84. The van der Waals surface area contributed by atoms with Gasteiger partial charge < -0.3 is 9.80 Å². The van der Waals surface area contributed by atoms with E-state index in [1.165, 1.54) is 0 Å². The van der Waals surface area contributed by atoms with E-state index in [1.807, 2.05) is 60.4 Å². The first kappa shape index (κ1) is 18.8. The van der Waals surface area contributed by atoms with E-state index >= 15 is 0 Å². The molecule has 2 aromatic carbocycles. The van der Waals surface area contributed by atoms with Crippen molar-refractivity contribution in [2.24, 2.45) is 0 Å². The summed E-state index contributed by atoms with van der Waals surface area (Å²) in [6.07, 6.45) is 1.01. The Labute approximate surface area is 170 Å². The number of carbonyl (C=O) groups excluding carboxylic acids is 2. The summed E-state index contributed by atoms with van der Waals surface area (Å²) < 4.78 is 0. The van der Waals surface area contributed by atoms with Gasteiger partial charge in [-0.15, -0.1) is 0 Å². The fraction of sp³-hybridized carbons (Fsp3) is 0.364. The molecule has 146 valence electrons. The van der Waals surface area contributed by atoms with Gasteiger partial charge in [0.15, 0.2) is 0 Å². The van der Waals surface area contributed by atoms with Crippen LogP contribution in [0.3, 0.4) is 0 Å². The van der Waals surface area contributed by atoms with Crippen LogP contribution in [0.25, 0.3) is 0 Å². The van der Waals surface area contributed by atoms with E-state index < -0.39 is 6.04 Å². The van der Waals surface area contributed by atoms with Crippen LogP contribution in [0.4, 0.5) is 11.4 Å². The van der Waals surface area contributed by atoms with Crippen LogP contribution >= 0.6 is 11.6 Å². The van der Waals surface area contributed by atoms with E-state index in [0.717, 1.165) is 30.0 Å². The Kier molecular flexibility index (Phi) is 5.27. The van der Waals surface area contributed by atoms with Gasteiger partial charge in [-0.05, 0) is 43.7 Å². The molecule has 0 N–H and O–H groups in total. The van der Waals surface area contributed by atoms with E-state index in [-0.39, 0.29) is 11.8 Å². The van der Waals surface area contributed by atoms with Gasteiger partial charge in [-0.1, -0.05) is 35.4 Å². The first-order valence-corrected chi connectivity index (χ1v) is 10.1. The Morgan fingerprint density at radius 1 is 1.00 bits per heavy atom. The smallest absolute Gasteiger partial charge is 0.245 e. The quantitative estimate of drug-likeness (QED) is 0.796. The van der Waals surface area contributed by atoms with E-state index in [2.05, 4.69) is 4.90 Å². The molecule has 2 fully saturated rings. The molecule has 4 rings (SSSR count). The third kappa shape index (κ3) is 3.72. The van der Waals surface area contributed by atoms with Crippen LogP contribution in [0.2, 0.25) is 5.02 Å².